The van der Waals surface area contributed by atoms with Gasteiger partial charge in [0.2, 0.25) is 5.91 Å². The van der Waals surface area contributed by atoms with Crippen LogP contribution in [0.1, 0.15) is 380 Å². The van der Waals surface area contributed by atoms with Gasteiger partial charge in [-0.2, -0.15) is 0 Å². The Bertz CT molecular complexity index is 1040. The molecule has 4 heteroatoms. The van der Waals surface area contributed by atoms with E-state index in [0.717, 1.165) is 32.1 Å². The third kappa shape index (κ3) is 59.6. The van der Waals surface area contributed by atoms with Crippen LogP contribution in [-0.4, -0.2) is 34.9 Å². The summed E-state index contributed by atoms with van der Waals surface area (Å²) in [4.78, 5) is 12.5. The monoisotopic (exact) mass is 998 g/mol. The lowest BCUT2D eigenvalue weighted by atomic mass is 10.0. The Kier molecular flexibility index (Phi) is 62.2. The van der Waals surface area contributed by atoms with Crippen LogP contribution >= 0.6 is 0 Å². The lowest BCUT2D eigenvalue weighted by molar-refractivity contribution is -0.123. The fourth-order valence-electron chi connectivity index (χ4n) is 10.7. The number of aliphatic hydroxyl groups is 2. The van der Waals surface area contributed by atoms with Crippen LogP contribution < -0.4 is 5.32 Å². The van der Waals surface area contributed by atoms with Crippen LogP contribution in [0.25, 0.3) is 0 Å². The van der Waals surface area contributed by atoms with Crippen molar-refractivity contribution >= 4 is 5.91 Å². The molecule has 0 radical (unpaired) electrons. The summed E-state index contributed by atoms with van der Waals surface area (Å²) in [7, 11) is 0. The van der Waals surface area contributed by atoms with Crippen LogP contribution in [0.4, 0.5) is 0 Å². The smallest absolute Gasteiger partial charge is 0.220 e. The summed E-state index contributed by atoms with van der Waals surface area (Å²) >= 11 is 0. The SMILES string of the molecule is CCCCCCCCCCCCCCC/C=C/CC/C=C/C(O)C(CO)NC(=O)CCCCCCCCCCCCCCCCCCCCCCCCCCCCCCCCCCCCCCCCCC. The minimum Gasteiger partial charge on any atom is -0.394 e. The maximum Gasteiger partial charge on any atom is 0.220 e. The Hall–Kier alpha value is -1.13. The lowest BCUT2D eigenvalue weighted by Crippen LogP contribution is -2.45. The summed E-state index contributed by atoms with van der Waals surface area (Å²) in [6.45, 7) is 4.34. The molecular weight excluding hydrogens is 867 g/mol. The zero-order chi connectivity index (χ0) is 51.3. The molecule has 422 valence electrons. The number of carbonyl (C=O) groups excluding carboxylic acids is 1. The van der Waals surface area contributed by atoms with E-state index in [0.29, 0.717) is 6.42 Å². The van der Waals surface area contributed by atoms with Crippen LogP contribution in [-0.2, 0) is 4.79 Å². The van der Waals surface area contributed by atoms with Crippen LogP contribution in [0.5, 0.6) is 0 Å². The van der Waals surface area contributed by atoms with E-state index in [9.17, 15) is 15.0 Å². The fraction of sp³-hybridized carbons (Fsp3) is 0.925. The van der Waals surface area contributed by atoms with Crippen LogP contribution in [0.15, 0.2) is 24.3 Å². The first kappa shape index (κ1) is 69.9. The normalized spacial score (nSPS) is 12.8. The Labute approximate surface area is 447 Å². The van der Waals surface area contributed by atoms with Crippen molar-refractivity contribution in [3.05, 3.63) is 24.3 Å². The molecule has 0 fully saturated rings. The molecule has 2 unspecified atom stereocenters. The van der Waals surface area contributed by atoms with Gasteiger partial charge in [-0.3, -0.25) is 4.79 Å². The molecule has 0 aliphatic rings. The highest BCUT2D eigenvalue weighted by molar-refractivity contribution is 5.76. The molecule has 0 aliphatic heterocycles. The molecule has 0 saturated carbocycles. The minimum absolute atomic E-state index is 0.0655. The fourth-order valence-corrected chi connectivity index (χ4v) is 10.7. The quantitative estimate of drug-likeness (QED) is 0.0420. The van der Waals surface area contributed by atoms with E-state index in [4.69, 9.17) is 0 Å². The van der Waals surface area contributed by atoms with Gasteiger partial charge in [-0.05, 0) is 32.1 Å². The number of unbranched alkanes of at least 4 members (excludes halogenated alkanes) is 53. The number of hydrogen-bond acceptors (Lipinski definition) is 3. The molecule has 3 N–H and O–H groups in total. The van der Waals surface area contributed by atoms with Gasteiger partial charge in [0.05, 0.1) is 18.8 Å². The maximum absolute atomic E-state index is 12.5. The number of carbonyl (C=O) groups is 1. The summed E-state index contributed by atoms with van der Waals surface area (Å²) in [5.74, 6) is -0.0655. The molecule has 0 aromatic heterocycles. The van der Waals surface area contributed by atoms with Crippen molar-refractivity contribution in [2.75, 3.05) is 6.61 Å². The molecule has 0 heterocycles. The molecule has 0 aromatic rings. The largest absolute Gasteiger partial charge is 0.394 e. The number of allylic oxidation sites excluding steroid dienone is 3. The average Bonchev–Trinajstić information content (AvgIpc) is 3.37. The van der Waals surface area contributed by atoms with Gasteiger partial charge in [0.1, 0.15) is 0 Å². The number of rotatable bonds is 62. The summed E-state index contributed by atoms with van der Waals surface area (Å²) in [5.41, 5.74) is 0. The van der Waals surface area contributed by atoms with Gasteiger partial charge in [-0.15, -0.1) is 0 Å². The number of nitrogens with one attached hydrogen (secondary N) is 1. The van der Waals surface area contributed by atoms with E-state index in [1.54, 1.807) is 6.08 Å². The average molecular weight is 999 g/mol. The van der Waals surface area contributed by atoms with Crippen molar-refractivity contribution < 1.29 is 15.0 Å². The van der Waals surface area contributed by atoms with E-state index in [1.165, 1.54) is 327 Å². The summed E-state index contributed by atoms with van der Waals surface area (Å²) in [6.07, 6.45) is 85.5. The van der Waals surface area contributed by atoms with Gasteiger partial charge in [-0.1, -0.05) is 366 Å². The molecule has 71 heavy (non-hydrogen) atoms. The standard InChI is InChI=1S/C67H131NO3/c1-3-5-7-9-11-13-15-17-19-21-23-24-25-26-27-28-29-30-31-32-33-34-35-36-37-38-39-40-41-42-43-45-47-49-51-53-55-57-59-61-63-67(71)68-65(64-69)66(70)62-60-58-56-54-52-50-48-46-44-22-20-18-16-14-12-10-8-6-4-2/h52,54,60,62,65-66,69-70H,3-51,53,55-59,61,63-64H2,1-2H3,(H,68,71)/b54-52+,62-60+. The number of amides is 1. The molecule has 1 amide bonds. The van der Waals surface area contributed by atoms with Gasteiger partial charge in [0.15, 0.2) is 0 Å². The Morgan fingerprint density at radius 2 is 0.549 bits per heavy atom. The van der Waals surface area contributed by atoms with Crippen molar-refractivity contribution in [3.63, 3.8) is 0 Å². The minimum atomic E-state index is -0.860. The number of hydrogen-bond donors (Lipinski definition) is 3. The van der Waals surface area contributed by atoms with E-state index < -0.39 is 12.1 Å². The van der Waals surface area contributed by atoms with E-state index in [2.05, 4.69) is 31.3 Å². The first-order valence-corrected chi connectivity index (χ1v) is 33.1. The molecule has 0 aromatic carbocycles. The summed E-state index contributed by atoms with van der Waals surface area (Å²) in [6, 6.07) is -0.637. The second kappa shape index (κ2) is 63.2. The van der Waals surface area contributed by atoms with Crippen molar-refractivity contribution in [1.82, 2.24) is 5.32 Å². The predicted molar refractivity (Wildman–Crippen MR) is 318 cm³/mol. The summed E-state index contributed by atoms with van der Waals surface area (Å²) < 4.78 is 0. The van der Waals surface area contributed by atoms with Gasteiger partial charge in [-0.25, -0.2) is 0 Å². The van der Waals surface area contributed by atoms with Crippen LogP contribution in [0.3, 0.4) is 0 Å². The zero-order valence-corrected chi connectivity index (χ0v) is 48.8. The molecular formula is C67H131NO3. The van der Waals surface area contributed by atoms with Crippen molar-refractivity contribution in [2.24, 2.45) is 0 Å². The lowest BCUT2D eigenvalue weighted by Gasteiger charge is -2.19. The highest BCUT2D eigenvalue weighted by atomic mass is 16.3. The highest BCUT2D eigenvalue weighted by Crippen LogP contribution is 2.19. The van der Waals surface area contributed by atoms with Gasteiger partial charge in [0, 0.05) is 6.42 Å². The second-order valence-electron chi connectivity index (χ2n) is 22.9. The molecule has 0 spiro atoms. The highest BCUT2D eigenvalue weighted by Gasteiger charge is 2.18. The first-order valence-electron chi connectivity index (χ1n) is 33.1. The Morgan fingerprint density at radius 1 is 0.324 bits per heavy atom. The molecule has 2 atom stereocenters. The zero-order valence-electron chi connectivity index (χ0n) is 48.8. The van der Waals surface area contributed by atoms with Gasteiger partial charge >= 0.3 is 0 Å². The van der Waals surface area contributed by atoms with Crippen molar-refractivity contribution in [3.8, 4) is 0 Å². The van der Waals surface area contributed by atoms with Crippen LogP contribution in [0.2, 0.25) is 0 Å². The topological polar surface area (TPSA) is 69.6 Å². The van der Waals surface area contributed by atoms with Gasteiger partial charge in [0.25, 0.3) is 0 Å². The second-order valence-corrected chi connectivity index (χ2v) is 22.9. The maximum atomic E-state index is 12.5. The molecule has 4 nitrogen and oxygen atoms in total. The molecule has 0 rings (SSSR count). The van der Waals surface area contributed by atoms with Crippen molar-refractivity contribution in [1.29, 1.82) is 0 Å². The molecule has 0 bridgehead atoms. The van der Waals surface area contributed by atoms with E-state index >= 15 is 0 Å². The molecule has 0 aliphatic carbocycles. The Morgan fingerprint density at radius 3 is 0.817 bits per heavy atom. The molecule has 0 saturated heterocycles. The predicted octanol–water partition coefficient (Wildman–Crippen LogP) is 22.2. The first-order chi connectivity index (χ1) is 35.2. The third-order valence-corrected chi connectivity index (χ3v) is 15.7. The third-order valence-electron chi connectivity index (χ3n) is 15.7. The van der Waals surface area contributed by atoms with Crippen LogP contribution in [0, 0.1) is 0 Å². The summed E-state index contributed by atoms with van der Waals surface area (Å²) in [5, 5.41) is 23.2. The van der Waals surface area contributed by atoms with E-state index in [1.807, 2.05) is 6.08 Å². The van der Waals surface area contributed by atoms with Crippen molar-refractivity contribution in [2.45, 2.75) is 392 Å². The number of aliphatic hydroxyl groups excluding tert-OH is 2. The Balaban J connectivity index is 3.38. The van der Waals surface area contributed by atoms with Gasteiger partial charge < -0.3 is 15.5 Å². The van der Waals surface area contributed by atoms with E-state index in [-0.39, 0.29) is 12.5 Å².